The third-order valence-electron chi connectivity index (χ3n) is 3.58. The summed E-state index contributed by atoms with van der Waals surface area (Å²) in [6.07, 6.45) is 1.50. The predicted octanol–water partition coefficient (Wildman–Crippen LogP) is 2.27. The summed E-state index contributed by atoms with van der Waals surface area (Å²) in [4.78, 5) is 10.9. The van der Waals surface area contributed by atoms with Crippen LogP contribution < -0.4 is 5.73 Å². The average Bonchev–Trinajstić information content (AvgIpc) is 2.38. The maximum Gasteiger partial charge on any atom is 0.246 e. The minimum atomic E-state index is -3.72. The summed E-state index contributed by atoms with van der Waals surface area (Å²) in [7, 11) is -3.72. The zero-order valence-electron chi connectivity index (χ0n) is 11.3. The number of piperidine rings is 1. The molecule has 1 amide bonds. The highest BCUT2D eigenvalue weighted by Gasteiger charge is 2.32. The monoisotopic (exact) mass is 350 g/mol. The second-order valence-electron chi connectivity index (χ2n) is 5.07. The van der Waals surface area contributed by atoms with E-state index < -0.39 is 10.0 Å². The Hall–Kier alpha value is -0.820. The van der Waals surface area contributed by atoms with Gasteiger partial charge in [0.2, 0.25) is 15.9 Å². The lowest BCUT2D eigenvalue weighted by atomic mass is 9.94. The van der Waals surface area contributed by atoms with Crippen LogP contribution in [0.15, 0.2) is 23.1 Å². The van der Waals surface area contributed by atoms with Crippen LogP contribution in [0, 0.1) is 5.92 Å². The van der Waals surface area contributed by atoms with E-state index in [0.717, 1.165) is 0 Å². The summed E-state index contributed by atoms with van der Waals surface area (Å²) < 4.78 is 26.6. The highest BCUT2D eigenvalue weighted by atomic mass is 35.5. The van der Waals surface area contributed by atoms with Crippen LogP contribution in [0.1, 0.15) is 19.3 Å². The first kappa shape index (κ1) is 16.5. The molecule has 2 N–H and O–H groups in total. The molecule has 1 aromatic carbocycles. The molecular formula is C13H16Cl2N2O3S. The van der Waals surface area contributed by atoms with Crippen molar-refractivity contribution in [3.8, 4) is 0 Å². The van der Waals surface area contributed by atoms with Crippen LogP contribution >= 0.6 is 23.2 Å². The molecule has 0 atom stereocenters. The highest BCUT2D eigenvalue weighted by molar-refractivity contribution is 7.89. The number of sulfonamides is 1. The Morgan fingerprint density at radius 3 is 2.24 bits per heavy atom. The number of halogens is 2. The van der Waals surface area contributed by atoms with Crippen molar-refractivity contribution in [3.63, 3.8) is 0 Å². The van der Waals surface area contributed by atoms with Gasteiger partial charge < -0.3 is 5.73 Å². The Balaban J connectivity index is 2.17. The molecule has 1 saturated heterocycles. The molecule has 0 radical (unpaired) electrons. The Morgan fingerprint density at radius 2 is 1.76 bits per heavy atom. The maximum absolute atomic E-state index is 12.6. The minimum Gasteiger partial charge on any atom is -0.370 e. The van der Waals surface area contributed by atoms with Crippen LogP contribution in [-0.4, -0.2) is 31.7 Å². The van der Waals surface area contributed by atoms with Crippen molar-refractivity contribution in [1.29, 1.82) is 0 Å². The van der Waals surface area contributed by atoms with Gasteiger partial charge in [-0.3, -0.25) is 4.79 Å². The standard InChI is InChI=1S/C13H16Cl2N2O3S/c14-10-2-1-3-11(15)13(10)21(19,20)17-6-4-9(5-7-17)8-12(16)18/h1-3,9H,4-8H2,(H2,16,18). The van der Waals surface area contributed by atoms with E-state index in [9.17, 15) is 13.2 Å². The predicted molar refractivity (Wildman–Crippen MR) is 81.8 cm³/mol. The molecule has 0 spiro atoms. The van der Waals surface area contributed by atoms with Gasteiger partial charge in [0.05, 0.1) is 10.0 Å². The third kappa shape index (κ3) is 3.69. The molecule has 1 heterocycles. The number of primary amides is 1. The van der Waals surface area contributed by atoms with Gasteiger partial charge in [0.25, 0.3) is 0 Å². The van der Waals surface area contributed by atoms with Crippen molar-refractivity contribution >= 4 is 39.1 Å². The fraction of sp³-hybridized carbons (Fsp3) is 0.462. The SMILES string of the molecule is NC(=O)CC1CCN(S(=O)(=O)c2c(Cl)cccc2Cl)CC1. The molecule has 0 saturated carbocycles. The molecule has 0 aliphatic carbocycles. The van der Waals surface area contributed by atoms with Crippen LogP contribution in [0.4, 0.5) is 0 Å². The summed E-state index contributed by atoms with van der Waals surface area (Å²) in [6.45, 7) is 0.670. The highest BCUT2D eigenvalue weighted by Crippen LogP contribution is 2.33. The van der Waals surface area contributed by atoms with Crippen molar-refractivity contribution in [2.45, 2.75) is 24.2 Å². The molecule has 2 rings (SSSR count). The van der Waals surface area contributed by atoms with Crippen molar-refractivity contribution < 1.29 is 13.2 Å². The normalized spacial score (nSPS) is 17.8. The van der Waals surface area contributed by atoms with Crippen LogP contribution in [0.5, 0.6) is 0 Å². The topological polar surface area (TPSA) is 80.5 Å². The molecule has 8 heteroatoms. The molecule has 1 aliphatic heterocycles. The maximum atomic E-state index is 12.6. The van der Waals surface area contributed by atoms with Gasteiger partial charge in [-0.05, 0) is 30.9 Å². The fourth-order valence-corrected chi connectivity index (χ4v) is 5.06. The lowest BCUT2D eigenvalue weighted by Gasteiger charge is -2.31. The second-order valence-corrected chi connectivity index (χ2v) is 7.76. The number of carbonyl (C=O) groups is 1. The van der Waals surface area contributed by atoms with Crippen molar-refractivity contribution in [2.24, 2.45) is 11.7 Å². The molecule has 0 aromatic heterocycles. The van der Waals surface area contributed by atoms with E-state index in [1.807, 2.05) is 0 Å². The Bertz CT molecular complexity index is 621. The van der Waals surface area contributed by atoms with Crippen molar-refractivity contribution in [1.82, 2.24) is 4.31 Å². The first-order valence-corrected chi connectivity index (χ1v) is 8.74. The summed E-state index contributed by atoms with van der Waals surface area (Å²) >= 11 is 12.0. The number of hydrogen-bond donors (Lipinski definition) is 1. The Labute approximate surface area is 134 Å². The van der Waals surface area contributed by atoms with Crippen LogP contribution in [-0.2, 0) is 14.8 Å². The molecule has 1 fully saturated rings. The van der Waals surface area contributed by atoms with E-state index >= 15 is 0 Å². The van der Waals surface area contributed by atoms with E-state index in [-0.39, 0.29) is 26.8 Å². The van der Waals surface area contributed by atoms with Gasteiger partial charge in [-0.15, -0.1) is 0 Å². The number of amides is 1. The lowest BCUT2D eigenvalue weighted by molar-refractivity contribution is -0.119. The first-order chi connectivity index (χ1) is 9.82. The van der Waals surface area contributed by atoms with Gasteiger partial charge in [-0.2, -0.15) is 4.31 Å². The van der Waals surface area contributed by atoms with Gasteiger partial charge in [0.15, 0.2) is 0 Å². The van der Waals surface area contributed by atoms with Crippen molar-refractivity contribution in [2.75, 3.05) is 13.1 Å². The van der Waals surface area contributed by atoms with Gasteiger partial charge in [0.1, 0.15) is 4.90 Å². The molecule has 1 aliphatic rings. The first-order valence-electron chi connectivity index (χ1n) is 6.55. The summed E-state index contributed by atoms with van der Waals surface area (Å²) in [5, 5.41) is 0.225. The van der Waals surface area contributed by atoms with Gasteiger partial charge >= 0.3 is 0 Å². The zero-order valence-corrected chi connectivity index (χ0v) is 13.6. The van der Waals surface area contributed by atoms with E-state index in [1.54, 1.807) is 6.07 Å². The summed E-state index contributed by atoms with van der Waals surface area (Å²) in [6, 6.07) is 4.60. The molecule has 0 bridgehead atoms. The molecular weight excluding hydrogens is 335 g/mol. The Morgan fingerprint density at radius 1 is 1.24 bits per heavy atom. The van der Waals surface area contributed by atoms with Crippen LogP contribution in [0.2, 0.25) is 10.0 Å². The zero-order chi connectivity index (χ0) is 15.6. The third-order valence-corrected chi connectivity index (χ3v) is 6.43. The van der Waals surface area contributed by atoms with Gasteiger partial charge in [-0.1, -0.05) is 29.3 Å². The van der Waals surface area contributed by atoms with E-state index in [4.69, 9.17) is 28.9 Å². The number of carbonyl (C=O) groups excluding carboxylic acids is 1. The van der Waals surface area contributed by atoms with Crippen LogP contribution in [0.25, 0.3) is 0 Å². The van der Waals surface area contributed by atoms with Crippen molar-refractivity contribution in [3.05, 3.63) is 28.2 Å². The van der Waals surface area contributed by atoms with E-state index in [2.05, 4.69) is 0 Å². The summed E-state index contributed by atoms with van der Waals surface area (Å²) in [5.41, 5.74) is 5.17. The van der Waals surface area contributed by atoms with Gasteiger partial charge in [-0.25, -0.2) is 8.42 Å². The number of benzene rings is 1. The summed E-state index contributed by atoms with van der Waals surface area (Å²) in [5.74, 6) is -0.221. The van der Waals surface area contributed by atoms with Crippen LogP contribution in [0.3, 0.4) is 0 Å². The molecule has 116 valence electrons. The largest absolute Gasteiger partial charge is 0.370 e. The molecule has 0 unspecified atom stereocenters. The Kier molecular flexibility index (Phi) is 5.14. The average molecular weight is 351 g/mol. The fourth-order valence-electron chi connectivity index (χ4n) is 2.50. The van der Waals surface area contributed by atoms with Gasteiger partial charge in [0, 0.05) is 19.5 Å². The lowest BCUT2D eigenvalue weighted by Crippen LogP contribution is -2.39. The number of nitrogens with zero attached hydrogens (tertiary/aromatic N) is 1. The minimum absolute atomic E-state index is 0.0540. The molecule has 1 aromatic rings. The molecule has 21 heavy (non-hydrogen) atoms. The van der Waals surface area contributed by atoms with E-state index in [0.29, 0.717) is 32.4 Å². The smallest absolute Gasteiger partial charge is 0.246 e. The van der Waals surface area contributed by atoms with E-state index in [1.165, 1.54) is 16.4 Å². The quantitative estimate of drug-likeness (QED) is 0.904. The number of nitrogens with two attached hydrogens (primary N) is 1. The number of hydrogen-bond acceptors (Lipinski definition) is 3. The molecule has 5 nitrogen and oxygen atoms in total. The second kappa shape index (κ2) is 6.52. The number of rotatable bonds is 4.